The highest BCUT2D eigenvalue weighted by molar-refractivity contribution is 6.03. The highest BCUT2D eigenvalue weighted by Gasteiger charge is 2.05. The molecule has 0 spiro atoms. The van der Waals surface area contributed by atoms with E-state index in [-0.39, 0.29) is 11.8 Å². The Morgan fingerprint density at radius 3 is 2.00 bits per heavy atom. The Balaban J connectivity index is 2.70. The van der Waals surface area contributed by atoms with Gasteiger partial charge in [0.15, 0.2) is 0 Å². The summed E-state index contributed by atoms with van der Waals surface area (Å²) >= 11 is 0. The monoisotopic (exact) mass is 306 g/mol. The van der Waals surface area contributed by atoms with Crippen LogP contribution in [0.25, 0.3) is 0 Å². The van der Waals surface area contributed by atoms with Gasteiger partial charge in [-0.15, -0.1) is 0 Å². The van der Waals surface area contributed by atoms with E-state index in [1.54, 1.807) is 0 Å². The normalized spacial score (nSPS) is 10.5. The van der Waals surface area contributed by atoms with Gasteiger partial charge in [0.05, 0.1) is 0 Å². The highest BCUT2D eigenvalue weighted by atomic mass is 16.4. The fraction of sp³-hybridized carbons (Fsp3) is 0. The topological polar surface area (TPSA) is 159 Å². The van der Waals surface area contributed by atoms with E-state index in [2.05, 4.69) is 20.6 Å². The van der Waals surface area contributed by atoms with Crippen LogP contribution in [-0.4, -0.2) is 43.9 Å². The minimum atomic E-state index is -1.29. The number of nitrogens with one attached hydrogen (secondary N) is 2. The van der Waals surface area contributed by atoms with E-state index in [1.807, 2.05) is 0 Å². The van der Waals surface area contributed by atoms with Crippen LogP contribution in [0.15, 0.2) is 36.6 Å². The van der Waals surface area contributed by atoms with Crippen molar-refractivity contribution in [3.8, 4) is 0 Å². The molecule has 0 saturated heterocycles. The van der Waals surface area contributed by atoms with E-state index in [9.17, 15) is 19.2 Å². The van der Waals surface area contributed by atoms with Crippen LogP contribution >= 0.6 is 0 Å². The molecule has 0 unspecified atom stereocenters. The predicted octanol–water partition coefficient (Wildman–Crippen LogP) is -0.365. The van der Waals surface area contributed by atoms with Gasteiger partial charge in [0.25, 0.3) is 5.91 Å². The molecular formula is C12H10N4O6. The minimum Gasteiger partial charge on any atom is -0.478 e. The van der Waals surface area contributed by atoms with Crippen LogP contribution in [0.4, 0.5) is 11.8 Å². The minimum absolute atomic E-state index is 0.0209. The SMILES string of the molecule is O=C(O)/C=C/C(=O)Nc1ccnc(NC(=O)/C=C/C(=O)O)n1. The first-order valence-corrected chi connectivity index (χ1v) is 5.64. The molecule has 114 valence electrons. The van der Waals surface area contributed by atoms with E-state index in [1.165, 1.54) is 12.3 Å². The second kappa shape index (κ2) is 7.89. The largest absolute Gasteiger partial charge is 0.478 e. The van der Waals surface area contributed by atoms with Crippen molar-refractivity contribution >= 4 is 35.5 Å². The number of aliphatic carboxylic acids is 2. The molecule has 0 bridgehead atoms. The van der Waals surface area contributed by atoms with Crippen molar-refractivity contribution in [2.75, 3.05) is 10.6 Å². The van der Waals surface area contributed by atoms with Crippen molar-refractivity contribution in [2.24, 2.45) is 0 Å². The molecule has 0 fully saturated rings. The van der Waals surface area contributed by atoms with Crippen molar-refractivity contribution in [3.63, 3.8) is 0 Å². The highest BCUT2D eigenvalue weighted by Crippen LogP contribution is 2.05. The van der Waals surface area contributed by atoms with Crippen LogP contribution in [-0.2, 0) is 19.2 Å². The number of aromatic nitrogens is 2. The number of rotatable bonds is 6. The number of amides is 2. The van der Waals surface area contributed by atoms with Gasteiger partial charge in [-0.25, -0.2) is 14.6 Å². The Kier molecular flexibility index (Phi) is 5.92. The summed E-state index contributed by atoms with van der Waals surface area (Å²) in [5.41, 5.74) is 0. The van der Waals surface area contributed by atoms with Gasteiger partial charge < -0.3 is 15.5 Å². The summed E-state index contributed by atoms with van der Waals surface area (Å²) in [4.78, 5) is 50.6. The quantitative estimate of drug-likeness (QED) is 0.518. The molecule has 2 amide bonds. The zero-order chi connectivity index (χ0) is 16.5. The summed E-state index contributed by atoms with van der Waals surface area (Å²) < 4.78 is 0. The molecular weight excluding hydrogens is 296 g/mol. The Labute approximate surface area is 123 Å². The molecule has 10 nitrogen and oxygen atoms in total. The van der Waals surface area contributed by atoms with Gasteiger partial charge in [-0.3, -0.25) is 14.9 Å². The van der Waals surface area contributed by atoms with E-state index in [0.29, 0.717) is 12.2 Å². The molecule has 4 N–H and O–H groups in total. The molecule has 1 aromatic rings. The molecule has 0 saturated carbocycles. The second-order valence-electron chi connectivity index (χ2n) is 3.59. The van der Waals surface area contributed by atoms with Crippen molar-refractivity contribution in [2.45, 2.75) is 0 Å². The lowest BCUT2D eigenvalue weighted by Gasteiger charge is -2.03. The molecule has 0 radical (unpaired) electrons. The number of hydrogen-bond acceptors (Lipinski definition) is 6. The third-order valence-electron chi connectivity index (χ3n) is 1.90. The predicted molar refractivity (Wildman–Crippen MR) is 72.8 cm³/mol. The Morgan fingerprint density at radius 1 is 0.909 bits per heavy atom. The number of carboxylic acid groups (broad SMARTS) is 2. The van der Waals surface area contributed by atoms with Gasteiger partial charge in [-0.05, 0) is 6.07 Å². The lowest BCUT2D eigenvalue weighted by Crippen LogP contribution is -2.14. The Bertz CT molecular complexity index is 614. The summed E-state index contributed by atoms with van der Waals surface area (Å²) in [5.74, 6) is -4.22. The summed E-state index contributed by atoms with van der Waals surface area (Å²) in [6, 6.07) is 1.31. The van der Waals surface area contributed by atoms with E-state index in [0.717, 1.165) is 12.2 Å². The molecule has 1 heterocycles. The number of carboxylic acids is 2. The van der Waals surface area contributed by atoms with Gasteiger partial charge in [0.2, 0.25) is 11.9 Å². The fourth-order valence-electron chi connectivity index (χ4n) is 1.10. The Morgan fingerprint density at radius 2 is 1.45 bits per heavy atom. The summed E-state index contributed by atoms with van der Waals surface area (Å²) in [6.45, 7) is 0. The standard InChI is InChI=1S/C12H10N4O6/c17-8(1-3-10(19)20)14-7-5-6-13-12(15-7)16-9(18)2-4-11(21)22/h1-6H,(H,19,20)(H,21,22)(H2,13,14,15,16,17,18)/b3-1+,4-2+. The first kappa shape index (κ1) is 16.5. The third-order valence-corrected chi connectivity index (χ3v) is 1.90. The number of carbonyl (C=O) groups is 4. The van der Waals surface area contributed by atoms with E-state index in [4.69, 9.17) is 10.2 Å². The number of anilines is 2. The lowest BCUT2D eigenvalue weighted by atomic mass is 10.4. The van der Waals surface area contributed by atoms with E-state index < -0.39 is 23.8 Å². The Hall–Kier alpha value is -3.56. The van der Waals surface area contributed by atoms with Crippen LogP contribution in [0.3, 0.4) is 0 Å². The average molecular weight is 306 g/mol. The molecule has 1 aromatic heterocycles. The zero-order valence-corrected chi connectivity index (χ0v) is 10.9. The summed E-state index contributed by atoms with van der Waals surface area (Å²) in [6.07, 6.45) is 4.08. The van der Waals surface area contributed by atoms with Gasteiger partial charge in [-0.1, -0.05) is 0 Å². The van der Waals surface area contributed by atoms with Gasteiger partial charge in [0, 0.05) is 30.5 Å². The smallest absolute Gasteiger partial charge is 0.328 e. The van der Waals surface area contributed by atoms with Crippen molar-refractivity contribution in [1.29, 1.82) is 0 Å². The third kappa shape index (κ3) is 6.56. The van der Waals surface area contributed by atoms with Crippen LogP contribution in [0, 0.1) is 0 Å². The number of carbonyl (C=O) groups excluding carboxylic acids is 2. The van der Waals surface area contributed by atoms with Gasteiger partial charge >= 0.3 is 11.9 Å². The van der Waals surface area contributed by atoms with Crippen molar-refractivity contribution in [1.82, 2.24) is 9.97 Å². The molecule has 0 atom stereocenters. The lowest BCUT2D eigenvalue weighted by molar-refractivity contribution is -0.132. The maximum absolute atomic E-state index is 11.3. The first-order valence-electron chi connectivity index (χ1n) is 5.64. The van der Waals surface area contributed by atoms with Crippen molar-refractivity contribution < 1.29 is 29.4 Å². The molecule has 1 rings (SSSR count). The van der Waals surface area contributed by atoms with Crippen molar-refractivity contribution in [3.05, 3.63) is 36.6 Å². The molecule has 22 heavy (non-hydrogen) atoms. The van der Waals surface area contributed by atoms with Gasteiger partial charge in [-0.2, -0.15) is 4.98 Å². The maximum Gasteiger partial charge on any atom is 0.328 e. The second-order valence-corrected chi connectivity index (χ2v) is 3.59. The molecule has 0 aliphatic rings. The van der Waals surface area contributed by atoms with Crippen LogP contribution in [0.1, 0.15) is 0 Å². The molecule has 10 heteroatoms. The summed E-state index contributed by atoms with van der Waals surface area (Å²) in [7, 11) is 0. The number of nitrogens with zero attached hydrogens (tertiary/aromatic N) is 2. The first-order chi connectivity index (χ1) is 10.4. The van der Waals surface area contributed by atoms with Crippen LogP contribution < -0.4 is 10.6 Å². The zero-order valence-electron chi connectivity index (χ0n) is 10.9. The van der Waals surface area contributed by atoms with Crippen LogP contribution in [0.2, 0.25) is 0 Å². The molecule has 0 aliphatic heterocycles. The van der Waals surface area contributed by atoms with E-state index >= 15 is 0 Å². The fourth-order valence-corrected chi connectivity index (χ4v) is 1.10. The van der Waals surface area contributed by atoms with Crippen LogP contribution in [0.5, 0.6) is 0 Å². The number of hydrogen-bond donors (Lipinski definition) is 4. The molecule has 0 aromatic carbocycles. The summed E-state index contributed by atoms with van der Waals surface area (Å²) in [5, 5.41) is 21.2. The maximum atomic E-state index is 11.3. The molecule has 0 aliphatic carbocycles. The van der Waals surface area contributed by atoms with Gasteiger partial charge in [0.1, 0.15) is 5.82 Å². The average Bonchev–Trinajstić information content (AvgIpc) is 2.43.